The van der Waals surface area contributed by atoms with Gasteiger partial charge in [-0.25, -0.2) is 0 Å². The summed E-state index contributed by atoms with van der Waals surface area (Å²) in [5.74, 6) is -0.146. The molecular formula is C31H34ClIN2O2SeSi. The normalized spacial score (nSPS) is 22.1. The van der Waals surface area contributed by atoms with E-state index in [9.17, 15) is 4.79 Å². The van der Waals surface area contributed by atoms with Crippen molar-refractivity contribution in [2.45, 2.75) is 63.3 Å². The molecule has 0 aromatic heterocycles. The van der Waals surface area contributed by atoms with Crippen LogP contribution in [0.5, 0.6) is 0 Å². The fourth-order valence-electron chi connectivity index (χ4n) is 5.12. The summed E-state index contributed by atoms with van der Waals surface area (Å²) in [5, 5.41) is 4.05. The molecule has 0 saturated carbocycles. The van der Waals surface area contributed by atoms with E-state index >= 15 is 0 Å². The van der Waals surface area contributed by atoms with E-state index in [1.807, 2.05) is 29.2 Å². The SMILES string of the molecule is C[C@@H](O[Si](C)(C)C(C)(C)C)[C@H]1C(=O)N2C(=Nc3ccc(Cl)cc3)[Se]CC(I)=C(c3cccc4ccccc34)[C@H]12. The molecule has 8 heteroatoms. The molecule has 1 saturated heterocycles. The Kier molecular flexibility index (Phi) is 8.24. The Morgan fingerprint density at radius 3 is 2.44 bits per heavy atom. The molecule has 0 unspecified atom stereocenters. The van der Waals surface area contributed by atoms with Gasteiger partial charge in [0.1, 0.15) is 0 Å². The van der Waals surface area contributed by atoms with Crippen LogP contribution in [0.3, 0.4) is 0 Å². The molecule has 1 amide bonds. The van der Waals surface area contributed by atoms with Crippen molar-refractivity contribution in [1.82, 2.24) is 4.90 Å². The fourth-order valence-corrected chi connectivity index (χ4v) is 10.0. The predicted molar refractivity (Wildman–Crippen MR) is 176 cm³/mol. The Morgan fingerprint density at radius 2 is 1.74 bits per heavy atom. The van der Waals surface area contributed by atoms with Crippen molar-refractivity contribution in [2.24, 2.45) is 10.9 Å². The second kappa shape index (κ2) is 11.1. The molecule has 3 aromatic rings. The number of allylic oxidation sites excluding steroid dienone is 1. The first kappa shape index (κ1) is 29.0. The van der Waals surface area contributed by atoms with Crippen molar-refractivity contribution in [3.05, 3.63) is 80.9 Å². The number of rotatable bonds is 5. The molecule has 5 rings (SSSR count). The Balaban J connectivity index is 1.63. The minimum absolute atomic E-state index is 0.00486. The Hall–Kier alpha value is -1.48. The van der Waals surface area contributed by atoms with Gasteiger partial charge in [-0.1, -0.05) is 0 Å². The van der Waals surface area contributed by atoms with E-state index in [0.717, 1.165) is 15.7 Å². The van der Waals surface area contributed by atoms with Gasteiger partial charge in [-0.2, -0.15) is 0 Å². The predicted octanol–water partition coefficient (Wildman–Crippen LogP) is 8.70. The molecule has 0 radical (unpaired) electrons. The summed E-state index contributed by atoms with van der Waals surface area (Å²) in [4.78, 5) is 21.1. The number of fused-ring (bicyclic) bond motifs is 2. The van der Waals surface area contributed by atoms with Crippen LogP contribution in [0.4, 0.5) is 5.69 Å². The Labute approximate surface area is 257 Å². The number of carbonyl (C=O) groups excluding carboxylic acids is 1. The number of amidine groups is 1. The number of carbonyl (C=O) groups is 1. The van der Waals surface area contributed by atoms with E-state index in [1.54, 1.807) is 0 Å². The third kappa shape index (κ3) is 5.55. The summed E-state index contributed by atoms with van der Waals surface area (Å²) in [6.45, 7) is 13.4. The molecule has 4 nitrogen and oxygen atoms in total. The zero-order chi connectivity index (χ0) is 28.1. The van der Waals surface area contributed by atoms with E-state index in [4.69, 9.17) is 21.0 Å². The fraction of sp³-hybridized carbons (Fsp3) is 0.355. The summed E-state index contributed by atoms with van der Waals surface area (Å²) in [5.41, 5.74) is 3.26. The van der Waals surface area contributed by atoms with E-state index in [2.05, 4.69) is 106 Å². The summed E-state index contributed by atoms with van der Waals surface area (Å²) < 4.78 is 9.03. The van der Waals surface area contributed by atoms with Crippen molar-refractivity contribution < 1.29 is 9.22 Å². The number of benzene rings is 3. The topological polar surface area (TPSA) is 41.9 Å². The number of β-lactam (4-membered cyclic amide) rings is 1. The first-order valence-corrected chi connectivity index (χ1v) is 19.7. The third-order valence-electron chi connectivity index (χ3n) is 8.19. The number of aliphatic imine (C=N–C) groups is 1. The van der Waals surface area contributed by atoms with Crippen molar-refractivity contribution in [2.75, 3.05) is 0 Å². The number of halogens is 2. The Morgan fingerprint density at radius 1 is 1.08 bits per heavy atom. The van der Waals surface area contributed by atoms with Gasteiger partial charge in [0.25, 0.3) is 0 Å². The molecule has 2 heterocycles. The molecular weight excluding hydrogens is 702 g/mol. The van der Waals surface area contributed by atoms with E-state index < -0.39 is 8.32 Å². The van der Waals surface area contributed by atoms with Crippen LogP contribution >= 0.6 is 34.2 Å². The van der Waals surface area contributed by atoms with Gasteiger partial charge in [-0.15, -0.1) is 0 Å². The molecule has 204 valence electrons. The zero-order valence-corrected chi connectivity index (χ0v) is 28.8. The maximum atomic E-state index is 14.1. The average molecular weight is 736 g/mol. The van der Waals surface area contributed by atoms with Crippen LogP contribution in [0.15, 0.2) is 75.3 Å². The quantitative estimate of drug-likeness (QED) is 0.150. The molecule has 0 spiro atoms. The number of amides is 1. The van der Waals surface area contributed by atoms with Crippen LogP contribution in [0.2, 0.25) is 28.5 Å². The summed E-state index contributed by atoms with van der Waals surface area (Å²) in [7, 11) is -2.08. The number of hydrogen-bond acceptors (Lipinski definition) is 3. The standard InChI is InChI=1S/C31H34ClIN2O2SeSi/c1-19(37-39(5,6)31(2,3)4)26-28-27(24-13-9-11-20-10-7-8-12-23(20)24)25(33)18-38-30(35(28)29(26)36)34-22-16-14-21(32)15-17-22/h7-17,19,26,28H,18H2,1-6H3/t19-,26-,28+/m1/s1. The maximum absolute atomic E-state index is 14.1. The molecule has 0 N–H and O–H groups in total. The summed E-state index contributed by atoms with van der Waals surface area (Å²) in [6, 6.07) is 22.4. The van der Waals surface area contributed by atoms with Crippen LogP contribution in [-0.2, 0) is 9.22 Å². The van der Waals surface area contributed by atoms with Crippen molar-refractivity contribution in [1.29, 1.82) is 0 Å². The van der Waals surface area contributed by atoms with Crippen LogP contribution in [0.25, 0.3) is 16.3 Å². The Bertz CT molecular complexity index is 1480. The monoisotopic (exact) mass is 736 g/mol. The molecule has 3 atom stereocenters. The van der Waals surface area contributed by atoms with Gasteiger partial charge >= 0.3 is 259 Å². The van der Waals surface area contributed by atoms with E-state index in [-0.39, 0.29) is 44.0 Å². The van der Waals surface area contributed by atoms with Crippen molar-refractivity contribution in [3.8, 4) is 0 Å². The summed E-state index contributed by atoms with van der Waals surface area (Å²) >= 11 is 8.66. The first-order valence-electron chi connectivity index (χ1n) is 13.2. The average Bonchev–Trinajstić information content (AvgIpc) is 2.98. The van der Waals surface area contributed by atoms with Crippen LogP contribution in [0.1, 0.15) is 33.3 Å². The molecule has 0 bridgehead atoms. The van der Waals surface area contributed by atoms with Gasteiger partial charge in [0.2, 0.25) is 0 Å². The van der Waals surface area contributed by atoms with Crippen LogP contribution < -0.4 is 0 Å². The second-order valence-electron chi connectivity index (χ2n) is 11.8. The van der Waals surface area contributed by atoms with Gasteiger partial charge in [-0.05, 0) is 0 Å². The number of hydrogen-bond donors (Lipinski definition) is 0. The van der Waals surface area contributed by atoms with E-state index in [1.165, 1.54) is 25.5 Å². The molecule has 2 aliphatic rings. The van der Waals surface area contributed by atoms with Gasteiger partial charge in [0.15, 0.2) is 0 Å². The molecule has 2 aliphatic heterocycles. The van der Waals surface area contributed by atoms with Crippen molar-refractivity contribution in [3.63, 3.8) is 0 Å². The van der Waals surface area contributed by atoms with Gasteiger partial charge in [-0.3, -0.25) is 0 Å². The van der Waals surface area contributed by atoms with E-state index in [0.29, 0.717) is 5.02 Å². The summed E-state index contributed by atoms with van der Waals surface area (Å²) in [6.07, 6.45) is -0.198. The van der Waals surface area contributed by atoms with Crippen molar-refractivity contribution >= 4 is 90.1 Å². The molecule has 0 aliphatic carbocycles. The minimum atomic E-state index is -2.08. The zero-order valence-electron chi connectivity index (χ0n) is 23.2. The van der Waals surface area contributed by atoms with Gasteiger partial charge < -0.3 is 0 Å². The van der Waals surface area contributed by atoms with Crippen LogP contribution in [-0.4, -0.2) is 51.0 Å². The molecule has 39 heavy (non-hydrogen) atoms. The first-order chi connectivity index (χ1) is 18.4. The molecule has 1 fully saturated rings. The second-order valence-corrected chi connectivity index (χ2v) is 20.2. The van der Waals surface area contributed by atoms with Crippen LogP contribution in [0, 0.1) is 5.92 Å². The van der Waals surface area contributed by atoms with Gasteiger partial charge in [0.05, 0.1) is 0 Å². The number of nitrogens with zero attached hydrogens (tertiary/aromatic N) is 2. The molecule has 3 aromatic carbocycles. The third-order valence-corrected chi connectivity index (χ3v) is 17.2. The van der Waals surface area contributed by atoms with Gasteiger partial charge in [0, 0.05) is 0 Å².